The van der Waals surface area contributed by atoms with Crippen LogP contribution in [0.4, 0.5) is 13.2 Å². The molecule has 4 aromatic rings. The van der Waals surface area contributed by atoms with Crippen molar-refractivity contribution in [2.45, 2.75) is 12.8 Å². The fraction of sp³-hybridized carbons (Fsp3) is 0.111. The number of alkyl halides is 3. The van der Waals surface area contributed by atoms with Gasteiger partial charge in [0.25, 0.3) is 0 Å². The fourth-order valence-corrected chi connectivity index (χ4v) is 3.32. The van der Waals surface area contributed by atoms with Crippen LogP contribution in [0.15, 0.2) is 60.8 Å². The van der Waals surface area contributed by atoms with Crippen molar-refractivity contribution in [3.05, 3.63) is 71.5 Å². The van der Waals surface area contributed by atoms with Gasteiger partial charge in [0.2, 0.25) is 0 Å². The van der Waals surface area contributed by atoms with Gasteiger partial charge in [0, 0.05) is 6.20 Å². The summed E-state index contributed by atoms with van der Waals surface area (Å²) in [4.78, 5) is 4.49. The third-order valence-electron chi connectivity index (χ3n) is 3.68. The Kier molecular flexibility index (Phi) is 4.12. The van der Waals surface area contributed by atoms with Gasteiger partial charge in [-0.25, -0.2) is 9.67 Å². The lowest BCUT2D eigenvalue weighted by atomic mass is 10.3. The molecule has 0 saturated carbocycles. The van der Waals surface area contributed by atoms with Crippen LogP contribution in [0.25, 0.3) is 15.9 Å². The molecule has 26 heavy (non-hydrogen) atoms. The van der Waals surface area contributed by atoms with E-state index in [1.807, 2.05) is 24.3 Å². The monoisotopic (exact) mass is 375 g/mol. The maximum absolute atomic E-state index is 12.6. The van der Waals surface area contributed by atoms with Gasteiger partial charge in [0.15, 0.2) is 5.69 Å². The second-order valence-electron chi connectivity index (χ2n) is 5.50. The summed E-state index contributed by atoms with van der Waals surface area (Å²) < 4.78 is 45.8. The average molecular weight is 375 g/mol. The Morgan fingerprint density at radius 1 is 1.00 bits per heavy atom. The molecule has 132 valence electrons. The zero-order valence-electron chi connectivity index (χ0n) is 13.3. The minimum absolute atomic E-state index is 0.332. The molecule has 4 nitrogen and oxygen atoms in total. The number of fused-ring (bicyclic) bond motifs is 1. The Morgan fingerprint density at radius 3 is 2.46 bits per heavy atom. The highest BCUT2D eigenvalue weighted by molar-refractivity contribution is 7.18. The first-order valence-electron chi connectivity index (χ1n) is 7.69. The van der Waals surface area contributed by atoms with Crippen LogP contribution < -0.4 is 4.74 Å². The Hall–Kier alpha value is -2.87. The number of nitrogens with zero attached hydrogens (tertiary/aromatic N) is 3. The van der Waals surface area contributed by atoms with Crippen molar-refractivity contribution >= 4 is 21.6 Å². The summed E-state index contributed by atoms with van der Waals surface area (Å²) in [5.74, 6) is 0.608. The largest absolute Gasteiger partial charge is 0.486 e. The van der Waals surface area contributed by atoms with Gasteiger partial charge in [-0.1, -0.05) is 12.1 Å². The standard InChI is InChI=1S/C18H12F3N3OS/c19-18(20,21)16-9-10-24(23-16)12-5-7-13(8-6-12)25-11-17-22-14-3-1-2-4-15(14)26-17/h1-10H,11H2. The van der Waals surface area contributed by atoms with Crippen LogP contribution in [0.5, 0.6) is 5.75 Å². The normalized spacial score (nSPS) is 11.8. The van der Waals surface area contributed by atoms with E-state index in [1.54, 1.807) is 35.6 Å². The third-order valence-corrected chi connectivity index (χ3v) is 4.69. The number of aromatic nitrogens is 3. The second-order valence-corrected chi connectivity index (χ2v) is 6.62. The molecule has 4 rings (SSSR count). The smallest absolute Gasteiger partial charge is 0.435 e. The van der Waals surface area contributed by atoms with E-state index in [-0.39, 0.29) is 0 Å². The van der Waals surface area contributed by atoms with Gasteiger partial charge in [0.05, 0.1) is 15.9 Å². The maximum atomic E-state index is 12.6. The molecular formula is C18H12F3N3OS. The van der Waals surface area contributed by atoms with E-state index in [9.17, 15) is 13.2 Å². The highest BCUT2D eigenvalue weighted by Gasteiger charge is 2.33. The van der Waals surface area contributed by atoms with Crippen LogP contribution in [0.3, 0.4) is 0 Å². The third kappa shape index (κ3) is 3.41. The maximum Gasteiger partial charge on any atom is 0.435 e. The molecule has 0 atom stereocenters. The number of hydrogen-bond acceptors (Lipinski definition) is 4. The quantitative estimate of drug-likeness (QED) is 0.499. The van der Waals surface area contributed by atoms with Crippen LogP contribution in [-0.4, -0.2) is 14.8 Å². The molecule has 2 aromatic carbocycles. The van der Waals surface area contributed by atoms with Crippen molar-refractivity contribution in [2.24, 2.45) is 0 Å². The molecule has 0 bridgehead atoms. The van der Waals surface area contributed by atoms with E-state index < -0.39 is 11.9 Å². The van der Waals surface area contributed by atoms with Crippen molar-refractivity contribution in [2.75, 3.05) is 0 Å². The summed E-state index contributed by atoms with van der Waals surface area (Å²) in [5, 5.41) is 4.40. The van der Waals surface area contributed by atoms with Gasteiger partial charge in [-0.3, -0.25) is 0 Å². The molecule has 2 aromatic heterocycles. The van der Waals surface area contributed by atoms with E-state index in [4.69, 9.17) is 4.74 Å². The van der Waals surface area contributed by atoms with E-state index in [1.165, 1.54) is 10.9 Å². The second kappa shape index (κ2) is 6.45. The number of benzene rings is 2. The van der Waals surface area contributed by atoms with Crippen LogP contribution in [0.2, 0.25) is 0 Å². The summed E-state index contributed by atoms with van der Waals surface area (Å²) in [5.41, 5.74) is 0.534. The van der Waals surface area contributed by atoms with Crippen molar-refractivity contribution in [3.63, 3.8) is 0 Å². The lowest BCUT2D eigenvalue weighted by molar-refractivity contribution is -0.141. The molecule has 0 N–H and O–H groups in total. The molecule has 8 heteroatoms. The number of para-hydroxylation sites is 1. The van der Waals surface area contributed by atoms with Gasteiger partial charge in [-0.05, 0) is 42.5 Å². The average Bonchev–Trinajstić information content (AvgIpc) is 3.27. The SMILES string of the molecule is FC(F)(F)c1ccn(-c2ccc(OCc3nc4ccccc4s3)cc2)n1. The first-order chi connectivity index (χ1) is 12.5. The van der Waals surface area contributed by atoms with Gasteiger partial charge < -0.3 is 4.74 Å². The molecular weight excluding hydrogens is 363 g/mol. The van der Waals surface area contributed by atoms with Crippen molar-refractivity contribution in [3.8, 4) is 11.4 Å². The van der Waals surface area contributed by atoms with E-state index in [0.29, 0.717) is 18.0 Å². The summed E-state index contributed by atoms with van der Waals surface area (Å²) in [6.45, 7) is 0.332. The molecule has 0 aliphatic rings. The van der Waals surface area contributed by atoms with Crippen LogP contribution in [0, 0.1) is 0 Å². The molecule has 0 radical (unpaired) electrons. The summed E-state index contributed by atoms with van der Waals surface area (Å²) in [6, 6.07) is 15.5. The Labute approximate surface area is 150 Å². The highest BCUT2D eigenvalue weighted by Crippen LogP contribution is 2.28. The zero-order valence-corrected chi connectivity index (χ0v) is 14.1. The molecule has 0 aliphatic heterocycles. The minimum Gasteiger partial charge on any atom is -0.486 e. The van der Waals surface area contributed by atoms with Crippen LogP contribution in [-0.2, 0) is 12.8 Å². The summed E-state index contributed by atoms with van der Waals surface area (Å²) >= 11 is 1.56. The molecule has 2 heterocycles. The van der Waals surface area contributed by atoms with E-state index in [0.717, 1.165) is 21.3 Å². The topological polar surface area (TPSA) is 39.9 Å². The zero-order chi connectivity index (χ0) is 18.1. The summed E-state index contributed by atoms with van der Waals surface area (Å²) in [6.07, 6.45) is -3.18. The number of hydrogen-bond donors (Lipinski definition) is 0. The number of rotatable bonds is 4. The first kappa shape index (κ1) is 16.6. The number of ether oxygens (including phenoxy) is 1. The molecule has 0 unspecified atom stereocenters. The Bertz CT molecular complexity index is 1000. The van der Waals surface area contributed by atoms with Gasteiger partial charge in [0.1, 0.15) is 17.4 Å². The lowest BCUT2D eigenvalue weighted by Gasteiger charge is -2.06. The predicted octanol–water partition coefficient (Wildman–Crippen LogP) is 5.08. The van der Waals surface area contributed by atoms with Gasteiger partial charge >= 0.3 is 6.18 Å². The lowest BCUT2D eigenvalue weighted by Crippen LogP contribution is -2.07. The Morgan fingerprint density at radius 2 is 1.77 bits per heavy atom. The van der Waals surface area contributed by atoms with E-state index in [2.05, 4.69) is 10.1 Å². The van der Waals surface area contributed by atoms with Crippen molar-refractivity contribution in [1.29, 1.82) is 0 Å². The van der Waals surface area contributed by atoms with Gasteiger partial charge in [-0.2, -0.15) is 18.3 Å². The first-order valence-corrected chi connectivity index (χ1v) is 8.51. The van der Waals surface area contributed by atoms with E-state index >= 15 is 0 Å². The predicted molar refractivity (Wildman–Crippen MR) is 92.5 cm³/mol. The molecule has 0 spiro atoms. The molecule has 0 amide bonds. The van der Waals surface area contributed by atoms with Crippen molar-refractivity contribution < 1.29 is 17.9 Å². The number of thiazole rings is 1. The molecule has 0 aliphatic carbocycles. The number of halogens is 3. The molecule has 0 fully saturated rings. The van der Waals surface area contributed by atoms with Gasteiger partial charge in [-0.15, -0.1) is 11.3 Å². The molecule has 0 saturated heterocycles. The Balaban J connectivity index is 1.45. The summed E-state index contributed by atoms with van der Waals surface area (Å²) in [7, 11) is 0. The highest BCUT2D eigenvalue weighted by atomic mass is 32.1. The fourth-order valence-electron chi connectivity index (χ4n) is 2.44. The van der Waals surface area contributed by atoms with Crippen molar-refractivity contribution in [1.82, 2.24) is 14.8 Å². The minimum atomic E-state index is -4.45. The van der Waals surface area contributed by atoms with Crippen LogP contribution in [0.1, 0.15) is 10.7 Å². The van der Waals surface area contributed by atoms with Crippen LogP contribution >= 0.6 is 11.3 Å².